The van der Waals surface area contributed by atoms with Crippen LogP contribution < -0.4 is 9.47 Å². The van der Waals surface area contributed by atoms with E-state index in [0.29, 0.717) is 23.5 Å². The van der Waals surface area contributed by atoms with Crippen LogP contribution in [-0.4, -0.2) is 22.8 Å². The van der Waals surface area contributed by atoms with E-state index in [1.165, 1.54) is 12.1 Å². The van der Waals surface area contributed by atoms with Gasteiger partial charge in [-0.05, 0) is 41.8 Å². The molecule has 0 amide bonds. The molecule has 2 aromatic carbocycles. The fourth-order valence-electron chi connectivity index (χ4n) is 2.73. The van der Waals surface area contributed by atoms with E-state index in [4.69, 9.17) is 25.5 Å². The van der Waals surface area contributed by atoms with Gasteiger partial charge in [0.2, 0.25) is 18.5 Å². The van der Waals surface area contributed by atoms with Gasteiger partial charge in [-0.3, -0.25) is 4.79 Å². The summed E-state index contributed by atoms with van der Waals surface area (Å²) < 4.78 is 29.1. The highest BCUT2D eigenvalue weighted by atomic mass is 35.5. The van der Waals surface area contributed by atoms with Crippen LogP contribution in [0.5, 0.6) is 11.5 Å². The quantitative estimate of drug-likeness (QED) is 0.594. The Labute approximate surface area is 158 Å². The first-order chi connectivity index (χ1) is 13.1. The van der Waals surface area contributed by atoms with E-state index >= 15 is 0 Å². The Morgan fingerprint density at radius 1 is 1.11 bits per heavy atom. The third-order valence-electron chi connectivity index (χ3n) is 4.14. The molecule has 0 spiro atoms. The molecule has 0 unspecified atom stereocenters. The summed E-state index contributed by atoms with van der Waals surface area (Å²) in [6.07, 6.45) is 0.955. The molecule has 0 atom stereocenters. The van der Waals surface area contributed by atoms with E-state index in [1.54, 1.807) is 6.07 Å². The molecule has 2 heterocycles. The molecule has 1 aromatic heterocycles. The number of aromatic nitrogens is 2. The molecular formula is C19H14ClFN2O4. The summed E-state index contributed by atoms with van der Waals surface area (Å²) in [6, 6.07) is 9.62. The molecule has 1 aliphatic rings. The van der Waals surface area contributed by atoms with Crippen LogP contribution in [-0.2, 0) is 12.8 Å². The van der Waals surface area contributed by atoms with Crippen molar-refractivity contribution < 1.29 is 23.1 Å². The van der Waals surface area contributed by atoms with Gasteiger partial charge >= 0.3 is 0 Å². The lowest BCUT2D eigenvalue weighted by Crippen LogP contribution is -2.01. The van der Waals surface area contributed by atoms with Gasteiger partial charge in [-0.25, -0.2) is 4.39 Å². The summed E-state index contributed by atoms with van der Waals surface area (Å²) in [6.45, 7) is 0.209. The number of rotatable bonds is 6. The standard InChI is InChI=1S/C19H14ClFN2O4/c20-14-9-13(21)4-3-12(14)8-18-22-23-19(27-18)15(24)5-1-11-2-6-16-17(7-11)26-10-25-16/h2-4,6-7,9H,1,5,8,10H2. The summed E-state index contributed by atoms with van der Waals surface area (Å²) >= 11 is 5.99. The Hall–Kier alpha value is -2.93. The first-order valence-electron chi connectivity index (χ1n) is 8.26. The average Bonchev–Trinajstić information content (AvgIpc) is 3.31. The van der Waals surface area contributed by atoms with Gasteiger partial charge in [-0.15, -0.1) is 10.2 Å². The van der Waals surface area contributed by atoms with E-state index in [2.05, 4.69) is 10.2 Å². The fourth-order valence-corrected chi connectivity index (χ4v) is 2.96. The van der Waals surface area contributed by atoms with E-state index in [-0.39, 0.29) is 42.2 Å². The van der Waals surface area contributed by atoms with Gasteiger partial charge in [0.1, 0.15) is 5.82 Å². The number of carbonyl (C=O) groups is 1. The molecule has 3 aromatic rings. The van der Waals surface area contributed by atoms with Gasteiger partial charge < -0.3 is 13.9 Å². The summed E-state index contributed by atoms with van der Waals surface area (Å²) in [5, 5.41) is 7.94. The molecule has 0 saturated carbocycles. The smallest absolute Gasteiger partial charge is 0.284 e. The van der Waals surface area contributed by atoms with Gasteiger partial charge in [0.05, 0.1) is 6.42 Å². The molecular weight excluding hydrogens is 375 g/mol. The van der Waals surface area contributed by atoms with Crippen molar-refractivity contribution in [2.45, 2.75) is 19.3 Å². The zero-order valence-electron chi connectivity index (χ0n) is 14.1. The number of fused-ring (bicyclic) bond motifs is 1. The molecule has 1 aliphatic heterocycles. The monoisotopic (exact) mass is 388 g/mol. The van der Waals surface area contributed by atoms with Gasteiger partial charge in [0, 0.05) is 11.4 Å². The first-order valence-corrected chi connectivity index (χ1v) is 8.64. The number of ketones is 1. The molecule has 0 saturated heterocycles. The van der Waals surface area contributed by atoms with Crippen LogP contribution >= 0.6 is 11.6 Å². The topological polar surface area (TPSA) is 74.5 Å². The highest BCUT2D eigenvalue weighted by Crippen LogP contribution is 2.32. The lowest BCUT2D eigenvalue weighted by molar-refractivity contribution is 0.0947. The van der Waals surface area contributed by atoms with E-state index < -0.39 is 5.82 Å². The third-order valence-corrected chi connectivity index (χ3v) is 4.49. The van der Waals surface area contributed by atoms with Crippen LogP contribution in [0.1, 0.15) is 34.1 Å². The highest BCUT2D eigenvalue weighted by molar-refractivity contribution is 6.31. The van der Waals surface area contributed by atoms with E-state index in [1.807, 2.05) is 18.2 Å². The van der Waals surface area contributed by atoms with Crippen molar-refractivity contribution in [2.75, 3.05) is 6.79 Å². The molecule has 0 bridgehead atoms. The minimum Gasteiger partial charge on any atom is -0.454 e. The average molecular weight is 389 g/mol. The predicted molar refractivity (Wildman–Crippen MR) is 93.7 cm³/mol. The Balaban J connectivity index is 1.38. The van der Waals surface area contributed by atoms with Crippen LogP contribution in [0.15, 0.2) is 40.8 Å². The Morgan fingerprint density at radius 3 is 2.81 bits per heavy atom. The zero-order valence-corrected chi connectivity index (χ0v) is 14.8. The Kier molecular flexibility index (Phi) is 4.77. The Bertz CT molecular complexity index is 1010. The van der Waals surface area contributed by atoms with Crippen molar-refractivity contribution in [2.24, 2.45) is 0 Å². The lowest BCUT2D eigenvalue weighted by atomic mass is 10.1. The van der Waals surface area contributed by atoms with Crippen LogP contribution in [0.3, 0.4) is 0 Å². The van der Waals surface area contributed by atoms with Crippen LogP contribution in [0.4, 0.5) is 4.39 Å². The molecule has 0 aliphatic carbocycles. The maximum Gasteiger partial charge on any atom is 0.284 e. The van der Waals surface area contributed by atoms with Crippen molar-refractivity contribution in [1.82, 2.24) is 10.2 Å². The van der Waals surface area contributed by atoms with E-state index in [0.717, 1.165) is 5.56 Å². The maximum atomic E-state index is 13.1. The number of ether oxygens (including phenoxy) is 2. The summed E-state index contributed by atoms with van der Waals surface area (Å²) in [4.78, 5) is 12.3. The van der Waals surface area contributed by atoms with Crippen molar-refractivity contribution in [3.05, 3.63) is 70.1 Å². The van der Waals surface area contributed by atoms with Gasteiger partial charge in [0.15, 0.2) is 11.5 Å². The second kappa shape index (κ2) is 7.36. The van der Waals surface area contributed by atoms with Gasteiger partial charge in [-0.2, -0.15) is 0 Å². The number of nitrogens with zero attached hydrogens (tertiary/aromatic N) is 2. The molecule has 0 fully saturated rings. The SMILES string of the molecule is O=C(CCc1ccc2c(c1)OCO2)c1nnc(Cc2ccc(F)cc2Cl)o1. The second-order valence-electron chi connectivity index (χ2n) is 6.02. The zero-order chi connectivity index (χ0) is 18.8. The lowest BCUT2D eigenvalue weighted by Gasteiger charge is -2.02. The third kappa shape index (κ3) is 3.93. The van der Waals surface area contributed by atoms with Crippen molar-refractivity contribution >= 4 is 17.4 Å². The first kappa shape index (κ1) is 17.5. The Morgan fingerprint density at radius 2 is 1.96 bits per heavy atom. The summed E-state index contributed by atoms with van der Waals surface area (Å²) in [5.41, 5.74) is 1.59. The van der Waals surface area contributed by atoms with Crippen molar-refractivity contribution in [3.63, 3.8) is 0 Å². The van der Waals surface area contributed by atoms with Crippen LogP contribution in [0, 0.1) is 5.82 Å². The molecule has 27 heavy (non-hydrogen) atoms. The maximum absolute atomic E-state index is 13.1. The number of Topliss-reactive ketones (excluding diaryl/α,β-unsaturated/α-hetero) is 1. The van der Waals surface area contributed by atoms with Gasteiger partial charge in [-0.1, -0.05) is 23.7 Å². The molecule has 8 heteroatoms. The number of hydrogen-bond donors (Lipinski definition) is 0. The second-order valence-corrected chi connectivity index (χ2v) is 6.43. The predicted octanol–water partition coefficient (Wildman–Crippen LogP) is 4.00. The molecule has 138 valence electrons. The number of halogens is 2. The molecule has 0 radical (unpaired) electrons. The molecule has 0 N–H and O–H groups in total. The van der Waals surface area contributed by atoms with Crippen LogP contribution in [0.25, 0.3) is 0 Å². The number of carbonyl (C=O) groups excluding carboxylic acids is 1. The largest absolute Gasteiger partial charge is 0.454 e. The van der Waals surface area contributed by atoms with E-state index in [9.17, 15) is 9.18 Å². The fraction of sp³-hybridized carbons (Fsp3) is 0.211. The minimum atomic E-state index is -0.423. The van der Waals surface area contributed by atoms with Gasteiger partial charge in [0.25, 0.3) is 5.89 Å². The van der Waals surface area contributed by atoms with Crippen molar-refractivity contribution in [3.8, 4) is 11.5 Å². The number of benzene rings is 2. The summed E-state index contributed by atoms with van der Waals surface area (Å²) in [7, 11) is 0. The summed E-state index contributed by atoms with van der Waals surface area (Å²) in [5.74, 6) is 0.895. The highest BCUT2D eigenvalue weighted by Gasteiger charge is 2.17. The minimum absolute atomic E-state index is 0.0519. The molecule has 4 rings (SSSR count). The number of hydrogen-bond acceptors (Lipinski definition) is 6. The van der Waals surface area contributed by atoms with Crippen LogP contribution in [0.2, 0.25) is 5.02 Å². The molecule has 6 nitrogen and oxygen atoms in total. The van der Waals surface area contributed by atoms with Crippen molar-refractivity contribution in [1.29, 1.82) is 0 Å². The number of aryl methyl sites for hydroxylation is 1. The normalized spacial score (nSPS) is 12.4.